The maximum Gasteiger partial charge on any atom is 0.273 e. The monoisotopic (exact) mass is 183 g/mol. The quantitative estimate of drug-likeness (QED) is 0.567. The van der Waals surface area contributed by atoms with Crippen LogP contribution in [0.2, 0.25) is 0 Å². The van der Waals surface area contributed by atoms with Gasteiger partial charge >= 0.3 is 0 Å². The van der Waals surface area contributed by atoms with Crippen molar-refractivity contribution in [3.63, 3.8) is 0 Å². The predicted octanol–water partition coefficient (Wildman–Crippen LogP) is -1.97. The molecule has 1 rings (SSSR count). The van der Waals surface area contributed by atoms with Crippen LogP contribution in [0.3, 0.4) is 0 Å². The molecule has 1 aromatic rings. The number of hydrogen-bond donors (Lipinski definition) is 2. The molecule has 0 saturated carbocycles. The highest BCUT2D eigenvalue weighted by atomic mass is 16.2. The van der Waals surface area contributed by atoms with E-state index >= 15 is 0 Å². The van der Waals surface area contributed by atoms with Crippen LogP contribution < -0.4 is 11.1 Å². The van der Waals surface area contributed by atoms with Gasteiger partial charge in [-0.25, -0.2) is 0 Å². The number of primary amides is 1. The van der Waals surface area contributed by atoms with E-state index in [1.54, 1.807) is 7.05 Å². The Morgan fingerprint density at radius 3 is 2.85 bits per heavy atom. The Kier molecular flexibility index (Phi) is 2.58. The Hall–Kier alpha value is -1.92. The van der Waals surface area contributed by atoms with E-state index in [1.807, 2.05) is 0 Å². The second-order valence-corrected chi connectivity index (χ2v) is 2.37. The van der Waals surface area contributed by atoms with Gasteiger partial charge < -0.3 is 11.1 Å². The lowest BCUT2D eigenvalue weighted by Crippen LogP contribution is -2.33. The third kappa shape index (κ3) is 2.55. The average molecular weight is 183 g/mol. The lowest BCUT2D eigenvalue weighted by atomic mass is 10.4. The summed E-state index contributed by atoms with van der Waals surface area (Å²) in [4.78, 5) is 22.7. The lowest BCUT2D eigenvalue weighted by molar-refractivity contribution is -0.117. The van der Waals surface area contributed by atoms with E-state index in [0.29, 0.717) is 0 Å². The van der Waals surface area contributed by atoms with Crippen molar-refractivity contribution in [2.24, 2.45) is 12.8 Å². The maximum atomic E-state index is 11.1. The van der Waals surface area contributed by atoms with Gasteiger partial charge in [0.15, 0.2) is 5.69 Å². The molecule has 0 fully saturated rings. The number of aryl methyl sites for hydroxylation is 1. The molecule has 1 aromatic heterocycles. The molecule has 7 heteroatoms. The van der Waals surface area contributed by atoms with E-state index in [1.165, 1.54) is 11.0 Å². The standard InChI is InChI=1S/C6H9N5O2/c1-11-9-2-4(10-11)6(13)8-3-5(7)12/h2H,3H2,1H3,(H2,7,12)(H,8,13). The van der Waals surface area contributed by atoms with Crippen molar-refractivity contribution in [3.8, 4) is 0 Å². The first kappa shape index (κ1) is 9.17. The Morgan fingerprint density at radius 1 is 1.69 bits per heavy atom. The fraction of sp³-hybridized carbons (Fsp3) is 0.333. The lowest BCUT2D eigenvalue weighted by Gasteiger charge is -1.97. The van der Waals surface area contributed by atoms with Crippen LogP contribution in [0.1, 0.15) is 10.5 Å². The maximum absolute atomic E-state index is 11.1. The normalized spacial score (nSPS) is 9.62. The highest BCUT2D eigenvalue weighted by Crippen LogP contribution is 1.88. The first-order valence-corrected chi connectivity index (χ1v) is 3.52. The van der Waals surface area contributed by atoms with Crippen LogP contribution in [0, 0.1) is 0 Å². The van der Waals surface area contributed by atoms with Gasteiger partial charge in [-0.05, 0) is 0 Å². The summed E-state index contributed by atoms with van der Waals surface area (Å²) in [6.07, 6.45) is 1.30. The molecule has 70 valence electrons. The number of amides is 2. The van der Waals surface area contributed by atoms with E-state index in [2.05, 4.69) is 15.5 Å². The van der Waals surface area contributed by atoms with Crippen LogP contribution >= 0.6 is 0 Å². The molecular formula is C6H9N5O2. The molecule has 13 heavy (non-hydrogen) atoms. The highest BCUT2D eigenvalue weighted by Gasteiger charge is 2.09. The highest BCUT2D eigenvalue weighted by molar-refractivity contribution is 5.94. The molecule has 2 amide bonds. The zero-order valence-corrected chi connectivity index (χ0v) is 7.02. The molecule has 0 aliphatic rings. The minimum atomic E-state index is -0.600. The number of hydrogen-bond acceptors (Lipinski definition) is 4. The summed E-state index contributed by atoms with van der Waals surface area (Å²) in [6, 6.07) is 0. The summed E-state index contributed by atoms with van der Waals surface area (Å²) in [6.45, 7) is -0.199. The molecule has 7 nitrogen and oxygen atoms in total. The molecule has 0 radical (unpaired) electrons. The van der Waals surface area contributed by atoms with Crippen molar-refractivity contribution in [2.75, 3.05) is 6.54 Å². The fourth-order valence-electron chi connectivity index (χ4n) is 0.708. The molecule has 0 spiro atoms. The van der Waals surface area contributed by atoms with Crippen LogP contribution in [0.5, 0.6) is 0 Å². The second-order valence-electron chi connectivity index (χ2n) is 2.37. The molecule has 0 bridgehead atoms. The summed E-state index contributed by atoms with van der Waals surface area (Å²) < 4.78 is 0. The summed E-state index contributed by atoms with van der Waals surface area (Å²) in [5.41, 5.74) is 4.99. The second kappa shape index (κ2) is 3.65. The summed E-state index contributed by atoms with van der Waals surface area (Å²) in [5.74, 6) is -1.07. The Labute approximate surface area is 73.9 Å². The molecule has 3 N–H and O–H groups in total. The number of carbonyl (C=O) groups is 2. The van der Waals surface area contributed by atoms with E-state index in [0.717, 1.165) is 0 Å². The molecule has 0 aromatic carbocycles. The van der Waals surface area contributed by atoms with Crippen molar-refractivity contribution in [2.45, 2.75) is 0 Å². The van der Waals surface area contributed by atoms with Crippen LogP contribution in [0.4, 0.5) is 0 Å². The summed E-state index contributed by atoms with van der Waals surface area (Å²) in [7, 11) is 1.59. The zero-order chi connectivity index (χ0) is 9.84. The van der Waals surface area contributed by atoms with E-state index in [9.17, 15) is 9.59 Å². The zero-order valence-electron chi connectivity index (χ0n) is 7.02. The molecule has 0 atom stereocenters. The smallest absolute Gasteiger partial charge is 0.273 e. The van der Waals surface area contributed by atoms with Gasteiger partial charge in [0, 0.05) is 7.05 Å². The topological polar surface area (TPSA) is 103 Å². The molecule has 0 aliphatic carbocycles. The largest absolute Gasteiger partial charge is 0.368 e. The third-order valence-corrected chi connectivity index (χ3v) is 1.26. The van der Waals surface area contributed by atoms with Gasteiger partial charge in [-0.1, -0.05) is 0 Å². The Bertz CT molecular complexity index is 332. The van der Waals surface area contributed by atoms with Crippen molar-refractivity contribution in [1.29, 1.82) is 0 Å². The van der Waals surface area contributed by atoms with Gasteiger partial charge in [-0.2, -0.15) is 9.90 Å². The first-order chi connectivity index (χ1) is 6.09. The number of nitrogens with two attached hydrogens (primary N) is 1. The van der Waals surface area contributed by atoms with Gasteiger partial charge in [0.2, 0.25) is 5.91 Å². The van der Waals surface area contributed by atoms with E-state index in [4.69, 9.17) is 5.73 Å². The molecule has 1 heterocycles. The minimum absolute atomic E-state index is 0.156. The van der Waals surface area contributed by atoms with Gasteiger partial charge in [-0.15, -0.1) is 5.10 Å². The average Bonchev–Trinajstić information content (AvgIpc) is 2.47. The van der Waals surface area contributed by atoms with Gasteiger partial charge in [0.05, 0.1) is 12.7 Å². The molecule has 0 saturated heterocycles. The van der Waals surface area contributed by atoms with Crippen molar-refractivity contribution < 1.29 is 9.59 Å². The van der Waals surface area contributed by atoms with Crippen LogP contribution in [0.15, 0.2) is 6.20 Å². The van der Waals surface area contributed by atoms with Crippen LogP contribution in [-0.4, -0.2) is 33.4 Å². The fourth-order valence-corrected chi connectivity index (χ4v) is 0.708. The van der Waals surface area contributed by atoms with Gasteiger partial charge in [0.25, 0.3) is 5.91 Å². The van der Waals surface area contributed by atoms with Gasteiger partial charge in [0.1, 0.15) is 0 Å². The summed E-state index contributed by atoms with van der Waals surface area (Å²) in [5, 5.41) is 9.71. The number of aromatic nitrogens is 3. The van der Waals surface area contributed by atoms with Crippen molar-refractivity contribution in [1.82, 2.24) is 20.3 Å². The van der Waals surface area contributed by atoms with E-state index in [-0.39, 0.29) is 12.2 Å². The number of rotatable bonds is 3. The Morgan fingerprint density at radius 2 is 2.38 bits per heavy atom. The minimum Gasteiger partial charge on any atom is -0.368 e. The van der Waals surface area contributed by atoms with Crippen LogP contribution in [-0.2, 0) is 11.8 Å². The predicted molar refractivity (Wildman–Crippen MR) is 42.5 cm³/mol. The number of nitrogens with one attached hydrogen (secondary N) is 1. The third-order valence-electron chi connectivity index (χ3n) is 1.26. The van der Waals surface area contributed by atoms with Gasteiger partial charge in [-0.3, -0.25) is 9.59 Å². The SMILES string of the molecule is Cn1ncc(C(=O)NCC(N)=O)n1. The Balaban J connectivity index is 2.54. The van der Waals surface area contributed by atoms with E-state index < -0.39 is 11.8 Å². The number of nitrogens with zero attached hydrogens (tertiary/aromatic N) is 3. The molecule has 0 aliphatic heterocycles. The molecular weight excluding hydrogens is 174 g/mol. The van der Waals surface area contributed by atoms with Crippen molar-refractivity contribution >= 4 is 11.8 Å². The first-order valence-electron chi connectivity index (χ1n) is 3.52. The van der Waals surface area contributed by atoms with Crippen molar-refractivity contribution in [3.05, 3.63) is 11.9 Å². The number of carbonyl (C=O) groups excluding carboxylic acids is 2. The van der Waals surface area contributed by atoms with Crippen LogP contribution in [0.25, 0.3) is 0 Å². The summed E-state index contributed by atoms with van der Waals surface area (Å²) >= 11 is 0. The molecule has 0 unspecified atom stereocenters.